The molecule has 0 unspecified atom stereocenters. The van der Waals surface area contributed by atoms with Crippen LogP contribution in [-0.4, -0.2) is 0 Å². The molecule has 0 aliphatic carbocycles. The maximum Gasteiger partial charge on any atom is 0.215 e. The number of pyridine rings is 1. The molecular weight excluding hydrogens is 261 g/mol. The molecule has 0 fully saturated rings. The first-order chi connectivity index (χ1) is 10.2. The Morgan fingerprint density at radius 1 is 0.857 bits per heavy atom. The lowest BCUT2D eigenvalue weighted by Gasteiger charge is -2.05. The van der Waals surface area contributed by atoms with Crippen LogP contribution in [0, 0.1) is 12.7 Å². The normalized spacial score (nSPS) is 10.6. The molecule has 1 aromatic heterocycles. The minimum absolute atomic E-state index is 0.193. The van der Waals surface area contributed by atoms with Crippen molar-refractivity contribution in [3.05, 3.63) is 89.9 Å². The third-order valence-electron chi connectivity index (χ3n) is 3.56. The number of hydrogen-bond donors (Lipinski definition) is 0. The van der Waals surface area contributed by atoms with Gasteiger partial charge in [-0.05, 0) is 25.1 Å². The van der Waals surface area contributed by atoms with E-state index in [2.05, 4.69) is 35.8 Å². The van der Waals surface area contributed by atoms with Crippen molar-refractivity contribution < 1.29 is 8.96 Å². The zero-order valence-corrected chi connectivity index (χ0v) is 12.0. The summed E-state index contributed by atoms with van der Waals surface area (Å²) in [5, 5.41) is 0. The quantitative estimate of drug-likeness (QED) is 0.634. The number of rotatable bonds is 3. The molecule has 0 aliphatic heterocycles. The minimum atomic E-state index is -0.193. The highest BCUT2D eigenvalue weighted by Crippen LogP contribution is 2.19. The van der Waals surface area contributed by atoms with Gasteiger partial charge in [-0.2, -0.15) is 4.57 Å². The first-order valence-corrected chi connectivity index (χ1v) is 7.03. The summed E-state index contributed by atoms with van der Waals surface area (Å²) in [4.78, 5) is 0. The largest absolute Gasteiger partial charge is 0.215 e. The second-order valence-corrected chi connectivity index (χ2v) is 5.18. The molecule has 1 nitrogen and oxygen atoms in total. The zero-order valence-electron chi connectivity index (χ0n) is 12.0. The van der Waals surface area contributed by atoms with Crippen LogP contribution < -0.4 is 4.57 Å². The highest BCUT2D eigenvalue weighted by Gasteiger charge is 2.15. The predicted molar refractivity (Wildman–Crippen MR) is 82.3 cm³/mol. The molecule has 104 valence electrons. The van der Waals surface area contributed by atoms with E-state index < -0.39 is 0 Å². The Morgan fingerprint density at radius 2 is 1.57 bits per heavy atom. The Labute approximate surface area is 124 Å². The van der Waals surface area contributed by atoms with Gasteiger partial charge in [-0.3, -0.25) is 0 Å². The fourth-order valence-corrected chi connectivity index (χ4v) is 2.42. The number of nitrogens with zero attached hydrogens (tertiary/aromatic N) is 1. The molecule has 0 aliphatic rings. The molecule has 0 amide bonds. The van der Waals surface area contributed by atoms with Gasteiger partial charge in [-0.25, -0.2) is 4.39 Å². The van der Waals surface area contributed by atoms with Crippen molar-refractivity contribution in [1.29, 1.82) is 0 Å². The number of benzene rings is 2. The molecule has 0 spiro atoms. The van der Waals surface area contributed by atoms with E-state index in [4.69, 9.17) is 0 Å². The summed E-state index contributed by atoms with van der Waals surface area (Å²) in [6, 6.07) is 21.2. The standard InChI is InChI=1S/C19H17FN/c1-15-9-11-16(12-10-15)14-21-13-5-4-8-19(21)17-6-2-3-7-18(17)20/h2-13H,14H2,1H3/q+1. The van der Waals surface area contributed by atoms with Crippen LogP contribution in [0.4, 0.5) is 4.39 Å². The van der Waals surface area contributed by atoms with E-state index in [9.17, 15) is 4.39 Å². The highest BCUT2D eigenvalue weighted by molar-refractivity contribution is 5.56. The van der Waals surface area contributed by atoms with Crippen molar-refractivity contribution in [1.82, 2.24) is 0 Å². The van der Waals surface area contributed by atoms with E-state index in [1.165, 1.54) is 17.2 Å². The van der Waals surface area contributed by atoms with Gasteiger partial charge in [0.15, 0.2) is 12.7 Å². The molecule has 0 radical (unpaired) electrons. The van der Waals surface area contributed by atoms with Gasteiger partial charge < -0.3 is 0 Å². The van der Waals surface area contributed by atoms with E-state index in [1.807, 2.05) is 36.5 Å². The monoisotopic (exact) mass is 278 g/mol. The first kappa shape index (κ1) is 13.5. The van der Waals surface area contributed by atoms with E-state index in [1.54, 1.807) is 6.07 Å². The lowest BCUT2D eigenvalue weighted by atomic mass is 10.1. The van der Waals surface area contributed by atoms with Crippen LogP contribution in [0.2, 0.25) is 0 Å². The maximum atomic E-state index is 14.0. The summed E-state index contributed by atoms with van der Waals surface area (Å²) in [5.74, 6) is -0.193. The van der Waals surface area contributed by atoms with Crippen molar-refractivity contribution in [3.63, 3.8) is 0 Å². The number of aryl methyl sites for hydroxylation is 1. The van der Waals surface area contributed by atoms with Crippen molar-refractivity contribution in [2.45, 2.75) is 13.5 Å². The van der Waals surface area contributed by atoms with Gasteiger partial charge >= 0.3 is 0 Å². The molecule has 2 heteroatoms. The lowest BCUT2D eigenvalue weighted by molar-refractivity contribution is -0.677. The van der Waals surface area contributed by atoms with Crippen molar-refractivity contribution in [3.8, 4) is 11.3 Å². The summed E-state index contributed by atoms with van der Waals surface area (Å²) in [7, 11) is 0. The van der Waals surface area contributed by atoms with Crippen LogP contribution in [0.5, 0.6) is 0 Å². The predicted octanol–water partition coefficient (Wildman–Crippen LogP) is 4.14. The molecule has 0 saturated carbocycles. The molecule has 0 bridgehead atoms. The summed E-state index contributed by atoms with van der Waals surface area (Å²) in [6.07, 6.45) is 1.99. The zero-order chi connectivity index (χ0) is 14.7. The average Bonchev–Trinajstić information content (AvgIpc) is 2.51. The topological polar surface area (TPSA) is 3.88 Å². The fourth-order valence-electron chi connectivity index (χ4n) is 2.42. The first-order valence-electron chi connectivity index (χ1n) is 7.03. The van der Waals surface area contributed by atoms with Crippen LogP contribution in [0.3, 0.4) is 0 Å². The Hall–Kier alpha value is -2.48. The van der Waals surface area contributed by atoms with Gasteiger partial charge in [0.2, 0.25) is 5.69 Å². The Balaban J connectivity index is 2.00. The number of aromatic nitrogens is 1. The van der Waals surface area contributed by atoms with Crippen LogP contribution in [0.15, 0.2) is 72.9 Å². The van der Waals surface area contributed by atoms with Gasteiger partial charge in [-0.15, -0.1) is 0 Å². The Bertz CT molecular complexity index is 748. The van der Waals surface area contributed by atoms with Crippen molar-refractivity contribution in [2.24, 2.45) is 0 Å². The van der Waals surface area contributed by atoms with Crippen molar-refractivity contribution >= 4 is 0 Å². The second-order valence-electron chi connectivity index (χ2n) is 5.18. The average molecular weight is 278 g/mol. The summed E-state index contributed by atoms with van der Waals surface area (Å²) in [5.41, 5.74) is 3.96. The molecule has 21 heavy (non-hydrogen) atoms. The summed E-state index contributed by atoms with van der Waals surface area (Å²) in [6.45, 7) is 2.80. The van der Waals surface area contributed by atoms with Gasteiger partial charge in [0.1, 0.15) is 5.82 Å². The smallest absolute Gasteiger partial charge is 0.206 e. The Morgan fingerprint density at radius 3 is 2.33 bits per heavy atom. The Kier molecular flexibility index (Phi) is 3.78. The van der Waals surface area contributed by atoms with E-state index in [0.29, 0.717) is 5.56 Å². The van der Waals surface area contributed by atoms with Gasteiger partial charge in [0.05, 0.1) is 5.56 Å². The van der Waals surface area contributed by atoms with Crippen LogP contribution in [-0.2, 0) is 6.54 Å². The minimum Gasteiger partial charge on any atom is -0.206 e. The van der Waals surface area contributed by atoms with Gasteiger partial charge in [-0.1, -0.05) is 42.0 Å². The molecule has 2 aromatic carbocycles. The van der Waals surface area contributed by atoms with Gasteiger partial charge in [0, 0.05) is 17.7 Å². The molecule has 3 rings (SSSR count). The molecule has 0 atom stereocenters. The second kappa shape index (κ2) is 5.88. The third kappa shape index (κ3) is 3.00. The highest BCUT2D eigenvalue weighted by atomic mass is 19.1. The molecule has 3 aromatic rings. The summed E-state index contributed by atoms with van der Waals surface area (Å²) >= 11 is 0. The van der Waals surface area contributed by atoms with Crippen LogP contribution >= 0.6 is 0 Å². The SMILES string of the molecule is Cc1ccc(C[n+]2ccccc2-c2ccccc2F)cc1. The van der Waals surface area contributed by atoms with E-state index in [-0.39, 0.29) is 5.82 Å². The summed E-state index contributed by atoms with van der Waals surface area (Å²) < 4.78 is 16.1. The number of hydrogen-bond acceptors (Lipinski definition) is 0. The van der Waals surface area contributed by atoms with E-state index >= 15 is 0 Å². The van der Waals surface area contributed by atoms with Crippen molar-refractivity contribution in [2.75, 3.05) is 0 Å². The fraction of sp³-hybridized carbons (Fsp3) is 0.105. The van der Waals surface area contributed by atoms with Crippen LogP contribution in [0.25, 0.3) is 11.3 Å². The number of halogens is 1. The maximum absolute atomic E-state index is 14.0. The lowest BCUT2D eigenvalue weighted by Crippen LogP contribution is -2.36. The van der Waals surface area contributed by atoms with E-state index in [0.717, 1.165) is 12.2 Å². The molecule has 0 N–H and O–H groups in total. The van der Waals surface area contributed by atoms with Gasteiger partial charge in [0.25, 0.3) is 0 Å². The third-order valence-corrected chi connectivity index (χ3v) is 3.56. The molecule has 0 saturated heterocycles. The molecule has 1 heterocycles. The van der Waals surface area contributed by atoms with Crippen LogP contribution in [0.1, 0.15) is 11.1 Å². The molecular formula is C19H17FN+.